The van der Waals surface area contributed by atoms with E-state index in [-0.39, 0.29) is 0 Å². The SMILES string of the molecule is CN(C)C(=O)OC1=NOCC1. The molecule has 0 aromatic heterocycles. The Morgan fingerprint density at radius 2 is 2.45 bits per heavy atom. The van der Waals surface area contributed by atoms with Gasteiger partial charge in [0, 0.05) is 14.1 Å². The number of oxime groups is 1. The van der Waals surface area contributed by atoms with Gasteiger partial charge in [0.1, 0.15) is 6.61 Å². The summed E-state index contributed by atoms with van der Waals surface area (Å²) in [6.07, 6.45) is 0.147. The summed E-state index contributed by atoms with van der Waals surface area (Å²) in [5, 5.41) is 3.50. The van der Waals surface area contributed by atoms with Crippen LogP contribution in [0.4, 0.5) is 4.79 Å². The van der Waals surface area contributed by atoms with Crippen LogP contribution in [0, 0.1) is 0 Å². The number of ether oxygens (including phenoxy) is 1. The minimum atomic E-state index is -0.422. The van der Waals surface area contributed by atoms with Crippen molar-refractivity contribution in [3.63, 3.8) is 0 Å². The molecule has 0 saturated carbocycles. The van der Waals surface area contributed by atoms with Crippen LogP contribution in [0.15, 0.2) is 5.16 Å². The Morgan fingerprint density at radius 3 is 2.91 bits per heavy atom. The quantitative estimate of drug-likeness (QED) is 0.513. The van der Waals surface area contributed by atoms with Crippen LogP contribution in [-0.4, -0.2) is 37.6 Å². The van der Waals surface area contributed by atoms with Crippen LogP contribution in [-0.2, 0) is 9.57 Å². The van der Waals surface area contributed by atoms with Gasteiger partial charge in [0.15, 0.2) is 0 Å². The highest BCUT2D eigenvalue weighted by molar-refractivity contribution is 5.88. The van der Waals surface area contributed by atoms with E-state index in [1.165, 1.54) is 4.90 Å². The molecule has 0 fully saturated rings. The van der Waals surface area contributed by atoms with Crippen LogP contribution in [0.3, 0.4) is 0 Å². The van der Waals surface area contributed by atoms with E-state index >= 15 is 0 Å². The van der Waals surface area contributed by atoms with Gasteiger partial charge in [-0.15, -0.1) is 0 Å². The smallest absolute Gasteiger partial charge is 0.393 e. The van der Waals surface area contributed by atoms with Crippen molar-refractivity contribution < 1.29 is 14.4 Å². The van der Waals surface area contributed by atoms with Crippen molar-refractivity contribution in [2.75, 3.05) is 20.7 Å². The van der Waals surface area contributed by atoms with Gasteiger partial charge in [0.05, 0.1) is 6.42 Å². The van der Waals surface area contributed by atoms with Crippen LogP contribution in [0.5, 0.6) is 0 Å². The lowest BCUT2D eigenvalue weighted by molar-refractivity contribution is 0.161. The molecule has 0 radical (unpaired) electrons. The highest BCUT2D eigenvalue weighted by Gasteiger charge is 2.14. The van der Waals surface area contributed by atoms with Gasteiger partial charge in [-0.3, -0.25) is 0 Å². The largest absolute Gasteiger partial charge is 0.415 e. The zero-order chi connectivity index (χ0) is 8.27. The van der Waals surface area contributed by atoms with E-state index in [0.717, 1.165) is 0 Å². The zero-order valence-electron chi connectivity index (χ0n) is 6.53. The molecular weight excluding hydrogens is 148 g/mol. The van der Waals surface area contributed by atoms with Crippen LogP contribution in [0.1, 0.15) is 6.42 Å². The molecule has 1 aliphatic rings. The highest BCUT2D eigenvalue weighted by Crippen LogP contribution is 2.02. The number of hydrogen-bond acceptors (Lipinski definition) is 4. The summed E-state index contributed by atoms with van der Waals surface area (Å²) in [7, 11) is 3.22. The third-order valence-corrected chi connectivity index (χ3v) is 1.14. The minimum absolute atomic E-state index is 0.351. The van der Waals surface area contributed by atoms with E-state index < -0.39 is 6.09 Å². The minimum Gasteiger partial charge on any atom is -0.393 e. The molecule has 0 bridgehead atoms. The van der Waals surface area contributed by atoms with E-state index in [2.05, 4.69) is 9.99 Å². The van der Waals surface area contributed by atoms with Gasteiger partial charge < -0.3 is 14.5 Å². The molecule has 0 aromatic carbocycles. The second-order valence-electron chi connectivity index (χ2n) is 2.33. The molecule has 5 nitrogen and oxygen atoms in total. The van der Waals surface area contributed by atoms with Crippen LogP contribution >= 0.6 is 0 Å². The highest BCUT2D eigenvalue weighted by atomic mass is 16.7. The predicted octanol–water partition coefficient (Wildman–Crippen LogP) is 0.418. The van der Waals surface area contributed by atoms with Crippen molar-refractivity contribution in [3.8, 4) is 0 Å². The fourth-order valence-electron chi connectivity index (χ4n) is 0.558. The number of rotatable bonds is 0. The molecule has 1 amide bonds. The molecule has 0 aromatic rings. The van der Waals surface area contributed by atoms with E-state index in [4.69, 9.17) is 4.74 Å². The Labute approximate surface area is 64.6 Å². The molecule has 0 spiro atoms. The summed E-state index contributed by atoms with van der Waals surface area (Å²) in [6.45, 7) is 0.496. The zero-order valence-corrected chi connectivity index (χ0v) is 6.53. The second kappa shape index (κ2) is 3.23. The van der Waals surface area contributed by atoms with E-state index in [9.17, 15) is 4.79 Å². The van der Waals surface area contributed by atoms with E-state index in [0.29, 0.717) is 18.9 Å². The standard InChI is InChI=1S/C6H10N2O3/c1-8(2)6(9)11-5-3-4-10-7-5/h3-4H2,1-2H3. The van der Waals surface area contributed by atoms with Crippen LogP contribution in [0.25, 0.3) is 0 Å². The van der Waals surface area contributed by atoms with Crippen molar-refractivity contribution in [2.45, 2.75) is 6.42 Å². The average molecular weight is 158 g/mol. The van der Waals surface area contributed by atoms with E-state index in [1.807, 2.05) is 0 Å². The number of amides is 1. The van der Waals surface area contributed by atoms with Crippen molar-refractivity contribution in [1.82, 2.24) is 4.90 Å². The average Bonchev–Trinajstić information content (AvgIpc) is 2.39. The van der Waals surface area contributed by atoms with Crippen molar-refractivity contribution in [2.24, 2.45) is 5.16 Å². The van der Waals surface area contributed by atoms with Crippen molar-refractivity contribution in [3.05, 3.63) is 0 Å². The Hall–Kier alpha value is -1.26. The van der Waals surface area contributed by atoms with Gasteiger partial charge in [-0.05, 0) is 0 Å². The maximum absolute atomic E-state index is 10.9. The molecular formula is C6H10N2O3. The van der Waals surface area contributed by atoms with Crippen molar-refractivity contribution in [1.29, 1.82) is 0 Å². The molecule has 0 atom stereocenters. The van der Waals surface area contributed by atoms with E-state index in [1.54, 1.807) is 14.1 Å². The Morgan fingerprint density at radius 1 is 1.73 bits per heavy atom. The second-order valence-corrected chi connectivity index (χ2v) is 2.33. The lowest BCUT2D eigenvalue weighted by atomic mass is 10.5. The summed E-state index contributed by atoms with van der Waals surface area (Å²) < 4.78 is 4.78. The van der Waals surface area contributed by atoms with Gasteiger partial charge in [-0.1, -0.05) is 5.16 Å². The Bertz CT molecular complexity index is 188. The normalized spacial score (nSPS) is 15.3. The third kappa shape index (κ3) is 2.10. The van der Waals surface area contributed by atoms with Crippen molar-refractivity contribution >= 4 is 12.0 Å². The monoisotopic (exact) mass is 158 g/mol. The number of carbonyl (C=O) groups excluding carboxylic acids is 1. The van der Waals surface area contributed by atoms with Gasteiger partial charge in [0.2, 0.25) is 5.90 Å². The maximum Gasteiger partial charge on any atom is 0.415 e. The van der Waals surface area contributed by atoms with Gasteiger partial charge in [-0.25, -0.2) is 4.79 Å². The molecule has 0 unspecified atom stereocenters. The first kappa shape index (κ1) is 7.84. The Balaban J connectivity index is 2.35. The molecule has 5 heteroatoms. The third-order valence-electron chi connectivity index (χ3n) is 1.14. The molecule has 0 N–H and O–H groups in total. The molecule has 62 valence electrons. The molecule has 0 saturated heterocycles. The molecule has 1 rings (SSSR count). The molecule has 1 aliphatic heterocycles. The fourth-order valence-corrected chi connectivity index (χ4v) is 0.558. The number of hydrogen-bond donors (Lipinski definition) is 0. The van der Waals surface area contributed by atoms with Crippen LogP contribution < -0.4 is 0 Å². The predicted molar refractivity (Wildman–Crippen MR) is 38.2 cm³/mol. The summed E-state index contributed by atoms with van der Waals surface area (Å²) in [5.41, 5.74) is 0. The fraction of sp³-hybridized carbons (Fsp3) is 0.667. The topological polar surface area (TPSA) is 51.1 Å². The first-order chi connectivity index (χ1) is 5.20. The summed E-state index contributed by atoms with van der Waals surface area (Å²) >= 11 is 0. The Kier molecular flexibility index (Phi) is 2.30. The molecule has 1 heterocycles. The summed E-state index contributed by atoms with van der Waals surface area (Å²) in [5.74, 6) is 0.351. The first-order valence-corrected chi connectivity index (χ1v) is 3.28. The molecule has 11 heavy (non-hydrogen) atoms. The van der Waals surface area contributed by atoms with Gasteiger partial charge >= 0.3 is 6.09 Å². The number of carbonyl (C=O) groups is 1. The lowest BCUT2D eigenvalue weighted by Gasteiger charge is -2.08. The molecule has 0 aliphatic carbocycles. The summed E-state index contributed by atoms with van der Waals surface area (Å²) in [6, 6.07) is 0. The summed E-state index contributed by atoms with van der Waals surface area (Å²) in [4.78, 5) is 16.8. The first-order valence-electron chi connectivity index (χ1n) is 3.28. The number of nitrogens with zero attached hydrogens (tertiary/aromatic N) is 2. The van der Waals surface area contributed by atoms with Crippen LogP contribution in [0.2, 0.25) is 0 Å². The van der Waals surface area contributed by atoms with Gasteiger partial charge in [0.25, 0.3) is 0 Å². The lowest BCUT2D eigenvalue weighted by Crippen LogP contribution is -2.25. The maximum atomic E-state index is 10.9. The van der Waals surface area contributed by atoms with Gasteiger partial charge in [-0.2, -0.15) is 0 Å².